The summed E-state index contributed by atoms with van der Waals surface area (Å²) in [6.45, 7) is 8.53. The summed E-state index contributed by atoms with van der Waals surface area (Å²) < 4.78 is 1.96. The molecule has 0 saturated carbocycles. The highest BCUT2D eigenvalue weighted by Crippen LogP contribution is 2.28. The number of fused-ring (bicyclic) bond motifs is 1. The van der Waals surface area contributed by atoms with Crippen molar-refractivity contribution < 1.29 is 4.79 Å². The predicted molar refractivity (Wildman–Crippen MR) is 111 cm³/mol. The Kier molecular flexibility index (Phi) is 5.67. The fraction of sp³-hybridized carbons (Fsp3) is 0.636. The van der Waals surface area contributed by atoms with Gasteiger partial charge in [0, 0.05) is 43.4 Å². The summed E-state index contributed by atoms with van der Waals surface area (Å²) in [6.07, 6.45) is 6.84. The lowest BCUT2D eigenvalue weighted by atomic mass is 10.0. The summed E-state index contributed by atoms with van der Waals surface area (Å²) >= 11 is 0. The van der Waals surface area contributed by atoms with Gasteiger partial charge in [-0.3, -0.25) is 14.4 Å². The molecule has 1 fully saturated rings. The molecule has 0 bridgehead atoms. The number of nitrogens with zero attached hydrogens (tertiary/aromatic N) is 6. The molecular weight excluding hydrogens is 364 g/mol. The summed E-state index contributed by atoms with van der Waals surface area (Å²) in [6, 6.07) is 2.44. The molecule has 156 valence electrons. The van der Waals surface area contributed by atoms with Crippen molar-refractivity contribution >= 4 is 5.91 Å². The fourth-order valence-corrected chi connectivity index (χ4v) is 4.67. The normalized spacial score (nSPS) is 21.1. The lowest BCUT2D eigenvalue weighted by molar-refractivity contribution is -0.133. The molecule has 0 N–H and O–H groups in total. The van der Waals surface area contributed by atoms with Gasteiger partial charge in [-0.25, -0.2) is 9.97 Å². The number of rotatable bonds is 4. The quantitative estimate of drug-likeness (QED) is 0.795. The van der Waals surface area contributed by atoms with E-state index in [1.807, 2.05) is 29.6 Å². The standard InChI is InChI=1S/C22H32N6O/c1-15-11-16(2)28(25-15)17(3)12-21(29)27-10-8-19-18(14-27)13-23-22(24-19)20-7-5-6-9-26(20)4/h11,13,17,20H,5-10,12,14H2,1-4H3/t17-,20-/m1/s1. The van der Waals surface area contributed by atoms with Crippen LogP contribution in [0, 0.1) is 13.8 Å². The van der Waals surface area contributed by atoms with E-state index in [4.69, 9.17) is 4.98 Å². The van der Waals surface area contributed by atoms with Crippen molar-refractivity contribution in [3.8, 4) is 0 Å². The van der Waals surface area contributed by atoms with Crippen LogP contribution in [0.25, 0.3) is 0 Å². The summed E-state index contributed by atoms with van der Waals surface area (Å²) in [7, 11) is 2.16. The Hall–Kier alpha value is -2.28. The molecule has 2 aliphatic heterocycles. The van der Waals surface area contributed by atoms with Gasteiger partial charge in [-0.05, 0) is 53.3 Å². The van der Waals surface area contributed by atoms with Crippen LogP contribution >= 0.6 is 0 Å². The molecule has 0 aliphatic carbocycles. The molecule has 0 unspecified atom stereocenters. The van der Waals surface area contributed by atoms with Crippen LogP contribution < -0.4 is 0 Å². The van der Waals surface area contributed by atoms with Gasteiger partial charge in [-0.2, -0.15) is 5.10 Å². The zero-order valence-corrected chi connectivity index (χ0v) is 18.1. The van der Waals surface area contributed by atoms with E-state index >= 15 is 0 Å². The van der Waals surface area contributed by atoms with Gasteiger partial charge in [-0.1, -0.05) is 6.42 Å². The SMILES string of the molecule is Cc1cc(C)n([C@H](C)CC(=O)N2CCc3nc([C@H]4CCCCN4C)ncc3C2)n1. The highest BCUT2D eigenvalue weighted by molar-refractivity contribution is 5.76. The summed E-state index contributed by atoms with van der Waals surface area (Å²) in [5, 5.41) is 4.53. The predicted octanol–water partition coefficient (Wildman–Crippen LogP) is 2.98. The Bertz CT molecular complexity index is 891. The van der Waals surface area contributed by atoms with Gasteiger partial charge in [0.25, 0.3) is 0 Å². The van der Waals surface area contributed by atoms with Crippen molar-refractivity contribution in [2.45, 2.75) is 71.5 Å². The number of hydrogen-bond acceptors (Lipinski definition) is 5. The highest BCUT2D eigenvalue weighted by Gasteiger charge is 2.27. The molecular formula is C22H32N6O. The average molecular weight is 397 g/mol. The van der Waals surface area contributed by atoms with Crippen LogP contribution in [0.15, 0.2) is 12.3 Å². The molecule has 7 nitrogen and oxygen atoms in total. The Morgan fingerprint density at radius 1 is 1.28 bits per heavy atom. The van der Waals surface area contributed by atoms with Crippen LogP contribution in [-0.4, -0.2) is 55.6 Å². The van der Waals surface area contributed by atoms with Gasteiger partial charge >= 0.3 is 0 Å². The van der Waals surface area contributed by atoms with E-state index in [2.05, 4.69) is 35.0 Å². The van der Waals surface area contributed by atoms with Gasteiger partial charge < -0.3 is 4.90 Å². The van der Waals surface area contributed by atoms with E-state index < -0.39 is 0 Å². The fourth-order valence-electron chi connectivity index (χ4n) is 4.67. The van der Waals surface area contributed by atoms with E-state index in [1.54, 1.807) is 0 Å². The number of hydrogen-bond donors (Lipinski definition) is 0. The maximum atomic E-state index is 12.9. The van der Waals surface area contributed by atoms with Gasteiger partial charge in [0.1, 0.15) is 5.82 Å². The molecule has 0 radical (unpaired) electrons. The maximum absolute atomic E-state index is 12.9. The zero-order valence-electron chi connectivity index (χ0n) is 18.1. The van der Waals surface area contributed by atoms with Gasteiger partial charge in [0.15, 0.2) is 0 Å². The summed E-state index contributed by atoms with van der Waals surface area (Å²) in [5.41, 5.74) is 4.29. The second kappa shape index (κ2) is 8.22. The third-order valence-electron chi connectivity index (χ3n) is 6.31. The monoisotopic (exact) mass is 396 g/mol. The second-order valence-corrected chi connectivity index (χ2v) is 8.68. The number of aryl methyl sites for hydroxylation is 2. The van der Waals surface area contributed by atoms with E-state index in [0.29, 0.717) is 19.0 Å². The van der Waals surface area contributed by atoms with Gasteiger partial charge in [0.05, 0.1) is 23.5 Å². The van der Waals surface area contributed by atoms with Crippen LogP contribution in [0.1, 0.15) is 73.2 Å². The third-order valence-corrected chi connectivity index (χ3v) is 6.31. The minimum absolute atomic E-state index is 0.0538. The molecule has 2 aromatic heterocycles. The second-order valence-electron chi connectivity index (χ2n) is 8.68. The first-order valence-electron chi connectivity index (χ1n) is 10.8. The lowest BCUT2D eigenvalue weighted by Crippen LogP contribution is -2.38. The smallest absolute Gasteiger partial charge is 0.225 e. The lowest BCUT2D eigenvalue weighted by Gasteiger charge is -2.33. The molecule has 7 heteroatoms. The molecule has 1 amide bonds. The van der Waals surface area contributed by atoms with Gasteiger partial charge in [-0.15, -0.1) is 0 Å². The summed E-state index contributed by atoms with van der Waals surface area (Å²) in [5.74, 6) is 1.12. The number of carbonyl (C=O) groups is 1. The van der Waals surface area contributed by atoms with Crippen molar-refractivity contribution in [3.05, 3.63) is 40.7 Å². The molecule has 0 aromatic carbocycles. The molecule has 4 rings (SSSR count). The first kappa shape index (κ1) is 20.0. The highest BCUT2D eigenvalue weighted by atomic mass is 16.2. The first-order chi connectivity index (χ1) is 13.9. The van der Waals surface area contributed by atoms with Crippen molar-refractivity contribution in [2.75, 3.05) is 20.1 Å². The van der Waals surface area contributed by atoms with E-state index in [9.17, 15) is 4.79 Å². The number of aromatic nitrogens is 4. The van der Waals surface area contributed by atoms with Crippen LogP contribution in [-0.2, 0) is 17.8 Å². The van der Waals surface area contributed by atoms with Crippen LogP contribution in [0.3, 0.4) is 0 Å². The van der Waals surface area contributed by atoms with Gasteiger partial charge in [0.2, 0.25) is 5.91 Å². The number of carbonyl (C=O) groups excluding carboxylic acids is 1. The first-order valence-corrected chi connectivity index (χ1v) is 10.8. The number of likely N-dealkylation sites (tertiary alicyclic amines) is 1. The largest absolute Gasteiger partial charge is 0.338 e. The van der Waals surface area contributed by atoms with E-state index in [0.717, 1.165) is 54.4 Å². The van der Waals surface area contributed by atoms with Crippen molar-refractivity contribution in [1.29, 1.82) is 0 Å². The molecule has 2 aromatic rings. The van der Waals surface area contributed by atoms with Crippen LogP contribution in [0.5, 0.6) is 0 Å². The summed E-state index contributed by atoms with van der Waals surface area (Å²) in [4.78, 5) is 26.8. The molecule has 2 atom stereocenters. The topological polar surface area (TPSA) is 67.2 Å². The van der Waals surface area contributed by atoms with Crippen molar-refractivity contribution in [2.24, 2.45) is 0 Å². The van der Waals surface area contributed by atoms with Crippen LogP contribution in [0.4, 0.5) is 0 Å². The third kappa shape index (κ3) is 4.20. The number of piperidine rings is 1. The maximum Gasteiger partial charge on any atom is 0.225 e. The van der Waals surface area contributed by atoms with E-state index in [1.165, 1.54) is 12.8 Å². The van der Waals surface area contributed by atoms with Crippen molar-refractivity contribution in [3.63, 3.8) is 0 Å². The Labute approximate surface area is 173 Å². The molecule has 4 heterocycles. The average Bonchev–Trinajstić information content (AvgIpc) is 3.05. The van der Waals surface area contributed by atoms with Crippen LogP contribution in [0.2, 0.25) is 0 Å². The Balaban J connectivity index is 1.42. The minimum Gasteiger partial charge on any atom is -0.338 e. The molecule has 29 heavy (non-hydrogen) atoms. The molecule has 0 spiro atoms. The van der Waals surface area contributed by atoms with E-state index in [-0.39, 0.29) is 11.9 Å². The minimum atomic E-state index is 0.0538. The molecule has 2 aliphatic rings. The molecule has 1 saturated heterocycles. The Morgan fingerprint density at radius 3 is 2.83 bits per heavy atom. The van der Waals surface area contributed by atoms with Crippen molar-refractivity contribution in [1.82, 2.24) is 29.5 Å². The zero-order chi connectivity index (χ0) is 20.5. The Morgan fingerprint density at radius 2 is 2.10 bits per heavy atom. The number of amides is 1.